The summed E-state index contributed by atoms with van der Waals surface area (Å²) in [5, 5.41) is 8.68. The van der Waals surface area contributed by atoms with E-state index < -0.39 is 0 Å². The van der Waals surface area contributed by atoms with Crippen molar-refractivity contribution in [1.82, 2.24) is 15.1 Å². The Morgan fingerprint density at radius 1 is 1.33 bits per heavy atom. The van der Waals surface area contributed by atoms with E-state index in [4.69, 9.17) is 16.3 Å². The molecule has 122 valence electrons. The summed E-state index contributed by atoms with van der Waals surface area (Å²) in [5.41, 5.74) is 2.04. The van der Waals surface area contributed by atoms with Crippen molar-refractivity contribution >= 4 is 11.6 Å². The topological polar surface area (TPSA) is 39.1 Å². The van der Waals surface area contributed by atoms with Gasteiger partial charge >= 0.3 is 0 Å². The van der Waals surface area contributed by atoms with Crippen LogP contribution in [0.3, 0.4) is 0 Å². The molecule has 0 aliphatic heterocycles. The molecule has 4 nitrogen and oxygen atoms in total. The lowest BCUT2D eigenvalue weighted by molar-refractivity contribution is -0.0344. The Morgan fingerprint density at radius 2 is 1.95 bits per heavy atom. The molecule has 2 atom stereocenters. The van der Waals surface area contributed by atoms with Gasteiger partial charge in [0.1, 0.15) is 0 Å². The number of aryl methyl sites for hydroxylation is 2. The van der Waals surface area contributed by atoms with Crippen molar-refractivity contribution in [2.45, 2.75) is 66.7 Å². The van der Waals surface area contributed by atoms with E-state index in [0.29, 0.717) is 6.61 Å². The van der Waals surface area contributed by atoms with E-state index in [0.717, 1.165) is 29.4 Å². The van der Waals surface area contributed by atoms with Crippen LogP contribution in [0.4, 0.5) is 0 Å². The second-order valence-corrected chi connectivity index (χ2v) is 6.88. The van der Waals surface area contributed by atoms with Gasteiger partial charge in [0.2, 0.25) is 0 Å². The van der Waals surface area contributed by atoms with E-state index in [9.17, 15) is 0 Å². The van der Waals surface area contributed by atoms with Crippen molar-refractivity contribution in [2.75, 3.05) is 13.7 Å². The van der Waals surface area contributed by atoms with E-state index in [2.05, 4.69) is 38.1 Å². The number of hydrogen-bond donors (Lipinski definition) is 1. The molecule has 0 bridgehead atoms. The van der Waals surface area contributed by atoms with E-state index in [1.165, 1.54) is 0 Å². The third-order valence-corrected chi connectivity index (χ3v) is 4.29. The Bertz CT molecular complexity index is 451. The van der Waals surface area contributed by atoms with Crippen molar-refractivity contribution in [3.05, 3.63) is 16.4 Å². The average molecular weight is 316 g/mol. The number of hydrogen-bond acceptors (Lipinski definition) is 3. The summed E-state index contributed by atoms with van der Waals surface area (Å²) in [6.07, 6.45) is 0.926. The Balaban J connectivity index is 3.06. The molecule has 0 aromatic carbocycles. The summed E-state index contributed by atoms with van der Waals surface area (Å²) in [4.78, 5) is 0. The maximum atomic E-state index is 6.44. The van der Waals surface area contributed by atoms with E-state index in [1.54, 1.807) is 0 Å². The molecule has 1 aromatic heterocycles. The molecule has 0 saturated heterocycles. The smallest absolute Gasteiger partial charge is 0.0847 e. The molecule has 2 unspecified atom stereocenters. The highest BCUT2D eigenvalue weighted by Crippen LogP contribution is 2.29. The van der Waals surface area contributed by atoms with Gasteiger partial charge in [0.15, 0.2) is 0 Å². The standard InChI is InChI=1S/C16H30ClN3O/c1-8-20-13(14(17)11(3)19-20)10-12(18-7)15(21-9-2)16(4,5)6/h12,15,18H,8-10H2,1-7H3. The first-order valence-electron chi connectivity index (χ1n) is 7.76. The molecule has 1 N–H and O–H groups in total. The van der Waals surface area contributed by atoms with Crippen molar-refractivity contribution in [3.63, 3.8) is 0 Å². The Hall–Kier alpha value is -0.580. The lowest BCUT2D eigenvalue weighted by Gasteiger charge is -2.36. The molecule has 0 radical (unpaired) electrons. The van der Waals surface area contributed by atoms with Crippen LogP contribution >= 0.6 is 11.6 Å². The van der Waals surface area contributed by atoms with Crippen molar-refractivity contribution in [2.24, 2.45) is 5.41 Å². The fraction of sp³-hybridized carbons (Fsp3) is 0.812. The summed E-state index contributed by atoms with van der Waals surface area (Å²) >= 11 is 6.44. The molecule has 0 aliphatic carbocycles. The molecule has 1 rings (SSSR count). The minimum atomic E-state index is 0.0578. The first-order chi connectivity index (χ1) is 9.76. The minimum Gasteiger partial charge on any atom is -0.376 e. The second-order valence-electron chi connectivity index (χ2n) is 6.50. The highest BCUT2D eigenvalue weighted by Gasteiger charge is 2.33. The average Bonchev–Trinajstić information content (AvgIpc) is 2.68. The molecule has 0 spiro atoms. The molecular weight excluding hydrogens is 286 g/mol. The zero-order chi connectivity index (χ0) is 16.2. The number of likely N-dealkylation sites (N-methyl/N-ethyl adjacent to an activating group) is 1. The number of nitrogens with one attached hydrogen (secondary N) is 1. The van der Waals surface area contributed by atoms with Gasteiger partial charge in [0.25, 0.3) is 0 Å². The summed E-state index contributed by atoms with van der Waals surface area (Å²) in [7, 11) is 1.98. The van der Waals surface area contributed by atoms with Crippen molar-refractivity contribution < 1.29 is 4.74 Å². The van der Waals surface area contributed by atoms with Crippen LogP contribution in [-0.2, 0) is 17.7 Å². The molecule has 0 saturated carbocycles. The number of halogens is 1. The van der Waals surface area contributed by atoms with E-state index in [1.807, 2.05) is 25.6 Å². The lowest BCUT2D eigenvalue weighted by Crippen LogP contribution is -2.48. The molecule has 0 amide bonds. The van der Waals surface area contributed by atoms with Gasteiger partial charge in [0, 0.05) is 25.6 Å². The molecular formula is C16H30ClN3O. The van der Waals surface area contributed by atoms with Crippen LogP contribution < -0.4 is 5.32 Å². The van der Waals surface area contributed by atoms with Crippen molar-refractivity contribution in [1.29, 1.82) is 0 Å². The van der Waals surface area contributed by atoms with Gasteiger partial charge in [-0.25, -0.2) is 0 Å². The number of aromatic nitrogens is 2. The summed E-state index contributed by atoms with van der Waals surface area (Å²) in [5.74, 6) is 0. The zero-order valence-corrected chi connectivity index (χ0v) is 15.2. The number of rotatable bonds is 7. The third kappa shape index (κ3) is 4.44. The first-order valence-corrected chi connectivity index (χ1v) is 8.14. The maximum absolute atomic E-state index is 6.44. The fourth-order valence-corrected chi connectivity index (χ4v) is 2.99. The minimum absolute atomic E-state index is 0.0578. The number of nitrogens with zero attached hydrogens (tertiary/aromatic N) is 2. The van der Waals surface area contributed by atoms with Gasteiger partial charge in [-0.15, -0.1) is 0 Å². The van der Waals surface area contributed by atoms with Crippen LogP contribution in [0.15, 0.2) is 0 Å². The largest absolute Gasteiger partial charge is 0.376 e. The van der Waals surface area contributed by atoms with Crippen LogP contribution in [0.25, 0.3) is 0 Å². The third-order valence-electron chi connectivity index (χ3n) is 3.80. The molecule has 21 heavy (non-hydrogen) atoms. The fourth-order valence-electron chi connectivity index (χ4n) is 2.78. The van der Waals surface area contributed by atoms with Crippen LogP contribution in [0, 0.1) is 12.3 Å². The van der Waals surface area contributed by atoms with Crippen LogP contribution in [0.1, 0.15) is 46.0 Å². The van der Waals surface area contributed by atoms with Gasteiger partial charge in [0.05, 0.1) is 22.5 Å². The highest BCUT2D eigenvalue weighted by atomic mass is 35.5. The number of ether oxygens (including phenoxy) is 1. The lowest BCUT2D eigenvalue weighted by atomic mass is 9.83. The van der Waals surface area contributed by atoms with Gasteiger partial charge in [-0.05, 0) is 33.2 Å². The normalized spacial score (nSPS) is 15.2. The predicted octanol–water partition coefficient (Wildman–Crippen LogP) is 3.45. The summed E-state index contributed by atoms with van der Waals surface area (Å²) in [6.45, 7) is 14.2. The first kappa shape index (κ1) is 18.5. The molecule has 0 fully saturated rings. The molecule has 1 aromatic rings. The second kappa shape index (κ2) is 7.61. The van der Waals surface area contributed by atoms with Crippen LogP contribution in [0.2, 0.25) is 5.02 Å². The molecule has 1 heterocycles. The predicted molar refractivity (Wildman–Crippen MR) is 89.1 cm³/mol. The van der Waals surface area contributed by atoms with Gasteiger partial charge < -0.3 is 10.1 Å². The van der Waals surface area contributed by atoms with Gasteiger partial charge in [-0.3, -0.25) is 4.68 Å². The van der Waals surface area contributed by atoms with Gasteiger partial charge in [-0.1, -0.05) is 32.4 Å². The molecule has 0 aliphatic rings. The quantitative estimate of drug-likeness (QED) is 0.837. The van der Waals surface area contributed by atoms with Crippen LogP contribution in [-0.4, -0.2) is 35.6 Å². The maximum Gasteiger partial charge on any atom is 0.0847 e. The van der Waals surface area contributed by atoms with E-state index in [-0.39, 0.29) is 17.6 Å². The Kier molecular flexibility index (Phi) is 6.70. The Labute approximate surface area is 134 Å². The van der Waals surface area contributed by atoms with E-state index >= 15 is 0 Å². The SMILES string of the molecule is CCOC(C(Cc1c(Cl)c(C)nn1CC)NC)C(C)(C)C. The summed E-state index contributed by atoms with van der Waals surface area (Å²) in [6, 6.07) is 0.198. The van der Waals surface area contributed by atoms with Crippen molar-refractivity contribution in [3.8, 4) is 0 Å². The monoisotopic (exact) mass is 315 g/mol. The van der Waals surface area contributed by atoms with Crippen LogP contribution in [0.5, 0.6) is 0 Å². The van der Waals surface area contributed by atoms with Gasteiger partial charge in [-0.2, -0.15) is 5.10 Å². The zero-order valence-electron chi connectivity index (χ0n) is 14.5. The molecule has 5 heteroatoms. The highest BCUT2D eigenvalue weighted by molar-refractivity contribution is 6.31. The Morgan fingerprint density at radius 3 is 2.38 bits per heavy atom. The summed E-state index contributed by atoms with van der Waals surface area (Å²) < 4.78 is 8.01.